The van der Waals surface area contributed by atoms with E-state index in [9.17, 15) is 4.79 Å². The van der Waals surface area contributed by atoms with Crippen LogP contribution in [-0.4, -0.2) is 5.78 Å². The molecule has 1 nitrogen and oxygen atoms in total. The van der Waals surface area contributed by atoms with Gasteiger partial charge >= 0.3 is 0 Å². The highest BCUT2D eigenvalue weighted by Gasteiger charge is 2.07. The summed E-state index contributed by atoms with van der Waals surface area (Å²) in [6, 6.07) is 5.35. The third kappa shape index (κ3) is 2.19. The fraction of sp³-hybridized carbons (Fsp3) is 0.182. The van der Waals surface area contributed by atoms with Gasteiger partial charge < -0.3 is 0 Å². The second-order valence-electron chi connectivity index (χ2n) is 2.72. The first-order valence-corrected chi connectivity index (χ1v) is 4.52. The van der Waals surface area contributed by atoms with E-state index in [0.717, 1.165) is 12.0 Å². The van der Waals surface area contributed by atoms with Crippen LogP contribution in [0.2, 0.25) is 5.02 Å². The third-order valence-electron chi connectivity index (χ3n) is 1.90. The summed E-state index contributed by atoms with van der Waals surface area (Å²) in [4.78, 5) is 11.4. The number of carbonyl (C=O) groups excluding carboxylic acids is 1. The van der Waals surface area contributed by atoms with Crippen molar-refractivity contribution in [1.82, 2.24) is 0 Å². The van der Waals surface area contributed by atoms with Gasteiger partial charge in [0.1, 0.15) is 0 Å². The molecule has 0 aromatic heterocycles. The highest BCUT2D eigenvalue weighted by Crippen LogP contribution is 2.17. The van der Waals surface area contributed by atoms with Crippen molar-refractivity contribution in [2.45, 2.75) is 13.3 Å². The van der Waals surface area contributed by atoms with Crippen molar-refractivity contribution in [3.63, 3.8) is 0 Å². The minimum absolute atomic E-state index is 0.0700. The summed E-state index contributed by atoms with van der Waals surface area (Å²) >= 11 is 5.79. The largest absolute Gasteiger partial charge is 0.289 e. The van der Waals surface area contributed by atoms with Crippen molar-refractivity contribution in [3.05, 3.63) is 47.0 Å². The molecular weight excluding hydrogens is 184 g/mol. The zero-order chi connectivity index (χ0) is 9.84. The molecule has 13 heavy (non-hydrogen) atoms. The molecule has 1 rings (SSSR count). The van der Waals surface area contributed by atoms with Crippen LogP contribution < -0.4 is 0 Å². The van der Waals surface area contributed by atoms with Gasteiger partial charge in [0.05, 0.1) is 0 Å². The number of halogens is 1. The van der Waals surface area contributed by atoms with E-state index in [1.54, 1.807) is 12.1 Å². The number of hydrogen-bond acceptors (Lipinski definition) is 1. The molecule has 1 aromatic carbocycles. The highest BCUT2D eigenvalue weighted by atomic mass is 35.5. The Labute approximate surface area is 83.0 Å². The van der Waals surface area contributed by atoms with Gasteiger partial charge in [0.25, 0.3) is 0 Å². The molecule has 0 bridgehead atoms. The van der Waals surface area contributed by atoms with Crippen molar-refractivity contribution in [3.8, 4) is 0 Å². The van der Waals surface area contributed by atoms with Crippen LogP contribution in [0, 0.1) is 0 Å². The van der Waals surface area contributed by atoms with E-state index in [4.69, 9.17) is 11.6 Å². The van der Waals surface area contributed by atoms with Crippen LogP contribution in [0.5, 0.6) is 0 Å². The molecule has 0 aliphatic heterocycles. The van der Waals surface area contributed by atoms with E-state index < -0.39 is 0 Å². The number of hydrogen-bond donors (Lipinski definition) is 0. The van der Waals surface area contributed by atoms with E-state index in [-0.39, 0.29) is 5.78 Å². The molecule has 0 radical (unpaired) electrons. The Morgan fingerprint density at radius 3 is 2.85 bits per heavy atom. The number of benzene rings is 1. The summed E-state index contributed by atoms with van der Waals surface area (Å²) in [5, 5.41) is 0.586. The van der Waals surface area contributed by atoms with Crippen LogP contribution in [-0.2, 0) is 6.42 Å². The van der Waals surface area contributed by atoms with Crippen molar-refractivity contribution in [1.29, 1.82) is 0 Å². The Balaban J connectivity index is 3.23. The molecule has 0 amide bonds. The van der Waals surface area contributed by atoms with Gasteiger partial charge in [0.2, 0.25) is 0 Å². The molecule has 68 valence electrons. The molecule has 0 saturated carbocycles. The summed E-state index contributed by atoms with van der Waals surface area (Å²) in [7, 11) is 0. The average Bonchev–Trinajstić information content (AvgIpc) is 2.16. The van der Waals surface area contributed by atoms with Gasteiger partial charge in [-0.25, -0.2) is 0 Å². The van der Waals surface area contributed by atoms with Gasteiger partial charge in [0.15, 0.2) is 5.78 Å². The molecule has 0 atom stereocenters. The van der Waals surface area contributed by atoms with Crippen LogP contribution in [0.4, 0.5) is 0 Å². The number of ketones is 1. The normalized spacial score (nSPS) is 9.69. The zero-order valence-corrected chi connectivity index (χ0v) is 8.27. The number of aryl methyl sites for hydroxylation is 1. The quantitative estimate of drug-likeness (QED) is 0.533. The summed E-state index contributed by atoms with van der Waals surface area (Å²) < 4.78 is 0. The maximum absolute atomic E-state index is 11.4. The third-order valence-corrected chi connectivity index (χ3v) is 2.14. The molecule has 0 heterocycles. The molecule has 0 fully saturated rings. The standard InChI is InChI=1S/C11H11ClO/c1-3-8-5-6-9(12)7-10(8)11(13)4-2/h4-7H,2-3H2,1H3. The maximum atomic E-state index is 11.4. The van der Waals surface area contributed by atoms with Gasteiger partial charge in [-0.15, -0.1) is 0 Å². The summed E-state index contributed by atoms with van der Waals surface area (Å²) in [6.45, 7) is 5.45. The van der Waals surface area contributed by atoms with Crippen molar-refractivity contribution in [2.24, 2.45) is 0 Å². The molecule has 1 aromatic rings. The lowest BCUT2D eigenvalue weighted by atomic mass is 10.0. The van der Waals surface area contributed by atoms with Crippen LogP contribution in [0.3, 0.4) is 0 Å². The van der Waals surface area contributed by atoms with E-state index in [2.05, 4.69) is 6.58 Å². The van der Waals surface area contributed by atoms with Gasteiger partial charge in [0, 0.05) is 10.6 Å². The number of carbonyl (C=O) groups is 1. The Bertz CT molecular complexity index is 342. The second kappa shape index (κ2) is 4.24. The molecule has 0 aliphatic carbocycles. The van der Waals surface area contributed by atoms with Crippen LogP contribution in [0.1, 0.15) is 22.8 Å². The first kappa shape index (κ1) is 10.0. The smallest absolute Gasteiger partial charge is 0.185 e. The SMILES string of the molecule is C=CC(=O)c1cc(Cl)ccc1CC. The number of allylic oxidation sites excluding steroid dienone is 1. The summed E-state index contributed by atoms with van der Waals surface area (Å²) in [5.74, 6) is -0.0700. The lowest BCUT2D eigenvalue weighted by Crippen LogP contribution is -1.99. The van der Waals surface area contributed by atoms with Crippen LogP contribution in [0.15, 0.2) is 30.9 Å². The molecule has 0 saturated heterocycles. The molecule has 2 heteroatoms. The lowest BCUT2D eigenvalue weighted by molar-refractivity contribution is 0.104. The van der Waals surface area contributed by atoms with E-state index in [1.165, 1.54) is 6.08 Å². The van der Waals surface area contributed by atoms with Crippen LogP contribution in [0.25, 0.3) is 0 Å². The van der Waals surface area contributed by atoms with Gasteiger partial charge in [-0.05, 0) is 30.2 Å². The maximum Gasteiger partial charge on any atom is 0.185 e. The van der Waals surface area contributed by atoms with Crippen molar-refractivity contribution >= 4 is 17.4 Å². The van der Waals surface area contributed by atoms with E-state index >= 15 is 0 Å². The topological polar surface area (TPSA) is 17.1 Å². The Morgan fingerprint density at radius 1 is 1.62 bits per heavy atom. The second-order valence-corrected chi connectivity index (χ2v) is 3.16. The van der Waals surface area contributed by atoms with E-state index in [0.29, 0.717) is 10.6 Å². The monoisotopic (exact) mass is 194 g/mol. The fourth-order valence-electron chi connectivity index (χ4n) is 1.20. The zero-order valence-electron chi connectivity index (χ0n) is 7.51. The van der Waals surface area contributed by atoms with E-state index in [1.807, 2.05) is 13.0 Å². The lowest BCUT2D eigenvalue weighted by Gasteiger charge is -2.04. The van der Waals surface area contributed by atoms with Crippen LogP contribution >= 0.6 is 11.6 Å². The predicted octanol–water partition coefficient (Wildman–Crippen LogP) is 3.27. The molecule has 0 spiro atoms. The Morgan fingerprint density at radius 2 is 2.31 bits per heavy atom. The molecule has 0 unspecified atom stereocenters. The van der Waals surface area contributed by atoms with Gasteiger partial charge in [-0.3, -0.25) is 4.79 Å². The van der Waals surface area contributed by atoms with Crippen molar-refractivity contribution < 1.29 is 4.79 Å². The first-order valence-electron chi connectivity index (χ1n) is 4.14. The van der Waals surface area contributed by atoms with Gasteiger partial charge in [-0.1, -0.05) is 31.2 Å². The molecule has 0 aliphatic rings. The summed E-state index contributed by atoms with van der Waals surface area (Å²) in [6.07, 6.45) is 2.14. The first-order chi connectivity index (χ1) is 6.19. The molecular formula is C11H11ClO. The minimum Gasteiger partial charge on any atom is -0.289 e. The average molecular weight is 195 g/mol. The summed E-state index contributed by atoms with van der Waals surface area (Å²) in [5.41, 5.74) is 1.67. The fourth-order valence-corrected chi connectivity index (χ4v) is 1.37. The van der Waals surface area contributed by atoms with Gasteiger partial charge in [-0.2, -0.15) is 0 Å². The predicted molar refractivity (Wildman–Crippen MR) is 55.4 cm³/mol. The number of rotatable bonds is 3. The Kier molecular flexibility index (Phi) is 3.26. The van der Waals surface area contributed by atoms with Crippen molar-refractivity contribution in [2.75, 3.05) is 0 Å². The molecule has 0 N–H and O–H groups in total. The Hall–Kier alpha value is -1.08. The minimum atomic E-state index is -0.0700. The highest BCUT2D eigenvalue weighted by molar-refractivity contribution is 6.31.